The van der Waals surface area contributed by atoms with Crippen molar-refractivity contribution in [1.29, 1.82) is 0 Å². The van der Waals surface area contributed by atoms with Crippen molar-refractivity contribution in [3.8, 4) is 0 Å². The van der Waals surface area contributed by atoms with Crippen LogP contribution in [0.5, 0.6) is 0 Å². The Morgan fingerprint density at radius 3 is 2.38 bits per heavy atom. The van der Waals surface area contributed by atoms with E-state index < -0.39 is 0 Å². The lowest BCUT2D eigenvalue weighted by atomic mass is 9.89. The fraction of sp³-hybridized carbons (Fsp3) is 0.481. The van der Waals surface area contributed by atoms with Crippen molar-refractivity contribution in [2.75, 3.05) is 19.6 Å². The van der Waals surface area contributed by atoms with E-state index in [0.717, 1.165) is 56.0 Å². The van der Waals surface area contributed by atoms with Gasteiger partial charge in [0.25, 0.3) is 0 Å². The van der Waals surface area contributed by atoms with Gasteiger partial charge in [-0.3, -0.25) is 14.5 Å². The number of Topliss-reactive ketones (excluding diaryl/α,β-unsaturated/α-hetero) is 1. The second-order valence-corrected chi connectivity index (χ2v) is 9.86. The molecule has 2 heterocycles. The number of amides is 1. The van der Waals surface area contributed by atoms with Gasteiger partial charge in [0.15, 0.2) is 5.78 Å². The van der Waals surface area contributed by atoms with Gasteiger partial charge in [-0.1, -0.05) is 35.9 Å². The maximum atomic E-state index is 12.8. The molecule has 0 bridgehead atoms. The monoisotopic (exact) mass is 452 g/mol. The number of nitrogens with zero attached hydrogens (tertiary/aromatic N) is 2. The molecule has 4 rings (SSSR count). The van der Waals surface area contributed by atoms with E-state index in [-0.39, 0.29) is 18.1 Å². The van der Waals surface area contributed by atoms with E-state index in [9.17, 15) is 9.59 Å². The van der Waals surface area contributed by atoms with E-state index in [0.29, 0.717) is 18.4 Å². The highest BCUT2D eigenvalue weighted by molar-refractivity contribution is 6.30. The number of halogens is 1. The Bertz CT molecular complexity index is 962. The molecule has 0 N–H and O–H groups in total. The number of hydrogen-bond acceptors (Lipinski definition) is 3. The number of likely N-dealkylation sites (tertiary alicyclic amines) is 1. The Kier molecular flexibility index (Phi) is 7.32. The number of piperidine rings is 1. The summed E-state index contributed by atoms with van der Waals surface area (Å²) in [6.07, 6.45) is 3.52. The van der Waals surface area contributed by atoms with Gasteiger partial charge in [-0.05, 0) is 73.9 Å². The van der Waals surface area contributed by atoms with Gasteiger partial charge >= 0.3 is 0 Å². The average Bonchev–Trinajstić information content (AvgIpc) is 2.82. The summed E-state index contributed by atoms with van der Waals surface area (Å²) in [5.74, 6) is 0.634. The van der Waals surface area contributed by atoms with Crippen molar-refractivity contribution in [2.45, 2.75) is 64.5 Å². The van der Waals surface area contributed by atoms with Crippen molar-refractivity contribution in [1.82, 2.24) is 9.80 Å². The van der Waals surface area contributed by atoms with Gasteiger partial charge in [0, 0.05) is 55.6 Å². The molecule has 170 valence electrons. The molecule has 0 unspecified atom stereocenters. The summed E-state index contributed by atoms with van der Waals surface area (Å²) in [7, 11) is 0. The zero-order valence-corrected chi connectivity index (χ0v) is 19.9. The van der Waals surface area contributed by atoms with Gasteiger partial charge in [0.1, 0.15) is 0 Å². The highest BCUT2D eigenvalue weighted by atomic mass is 35.5. The second kappa shape index (κ2) is 10.2. The summed E-state index contributed by atoms with van der Waals surface area (Å²) in [5.41, 5.74) is 4.63. The molecule has 0 spiro atoms. The SMILES string of the molecule is CC(C)N1CCc2ccc(C(=O)CCC(=O)N3CCC(c4ccc(Cl)cc4)CC3)cc2C1. The Morgan fingerprint density at radius 2 is 1.69 bits per heavy atom. The molecular weight excluding hydrogens is 420 g/mol. The predicted molar refractivity (Wildman–Crippen MR) is 129 cm³/mol. The minimum atomic E-state index is 0.0684. The van der Waals surface area contributed by atoms with E-state index in [4.69, 9.17) is 11.6 Å². The first kappa shape index (κ1) is 23.0. The highest BCUT2D eigenvalue weighted by Gasteiger charge is 2.25. The zero-order chi connectivity index (χ0) is 22.7. The molecule has 4 nitrogen and oxygen atoms in total. The number of hydrogen-bond donors (Lipinski definition) is 0. The Labute approximate surface area is 196 Å². The quantitative estimate of drug-likeness (QED) is 0.545. The van der Waals surface area contributed by atoms with Crippen molar-refractivity contribution < 1.29 is 9.59 Å². The standard InChI is InChI=1S/C27H33ClN2O2/c1-19(2)30-16-13-21-3-4-23(17-24(21)18-30)26(31)9-10-27(32)29-14-11-22(12-15-29)20-5-7-25(28)8-6-20/h3-8,17,19,22H,9-16,18H2,1-2H3. The lowest BCUT2D eigenvalue weighted by Crippen LogP contribution is -2.38. The average molecular weight is 453 g/mol. The number of rotatable bonds is 6. The van der Waals surface area contributed by atoms with Gasteiger partial charge in [-0.2, -0.15) is 0 Å². The molecule has 0 radical (unpaired) electrons. The van der Waals surface area contributed by atoms with Crippen molar-refractivity contribution in [2.24, 2.45) is 0 Å². The number of carbonyl (C=O) groups excluding carboxylic acids is 2. The summed E-state index contributed by atoms with van der Waals surface area (Å²) >= 11 is 5.99. The van der Waals surface area contributed by atoms with Crippen LogP contribution in [0, 0.1) is 0 Å². The predicted octanol–water partition coefficient (Wildman–Crippen LogP) is 5.48. The van der Waals surface area contributed by atoms with Crippen LogP contribution in [-0.2, 0) is 17.8 Å². The van der Waals surface area contributed by atoms with Gasteiger partial charge in [0.2, 0.25) is 5.91 Å². The van der Waals surface area contributed by atoms with E-state index in [1.165, 1.54) is 16.7 Å². The molecule has 2 aromatic rings. The third-order valence-electron chi connectivity index (χ3n) is 7.06. The fourth-order valence-corrected chi connectivity index (χ4v) is 5.04. The maximum absolute atomic E-state index is 12.8. The van der Waals surface area contributed by atoms with Crippen molar-refractivity contribution >= 4 is 23.3 Å². The van der Waals surface area contributed by atoms with Crippen LogP contribution in [0.1, 0.15) is 72.5 Å². The highest BCUT2D eigenvalue weighted by Crippen LogP contribution is 2.29. The Morgan fingerprint density at radius 1 is 0.969 bits per heavy atom. The largest absolute Gasteiger partial charge is 0.343 e. The number of fused-ring (bicyclic) bond motifs is 1. The number of ketones is 1. The molecule has 0 aromatic heterocycles. The minimum Gasteiger partial charge on any atom is -0.343 e. The molecule has 2 aromatic carbocycles. The lowest BCUT2D eigenvalue weighted by molar-refractivity contribution is -0.132. The van der Waals surface area contributed by atoms with Crippen molar-refractivity contribution in [3.63, 3.8) is 0 Å². The van der Waals surface area contributed by atoms with E-state index >= 15 is 0 Å². The molecule has 1 fully saturated rings. The van der Waals surface area contributed by atoms with Crippen LogP contribution >= 0.6 is 11.6 Å². The second-order valence-electron chi connectivity index (χ2n) is 9.43. The van der Waals surface area contributed by atoms with Crippen LogP contribution in [-0.4, -0.2) is 47.2 Å². The summed E-state index contributed by atoms with van der Waals surface area (Å²) in [4.78, 5) is 29.9. The summed E-state index contributed by atoms with van der Waals surface area (Å²) in [6, 6.07) is 14.6. The lowest BCUT2D eigenvalue weighted by Gasteiger charge is -2.32. The smallest absolute Gasteiger partial charge is 0.223 e. The molecule has 2 aliphatic heterocycles. The topological polar surface area (TPSA) is 40.6 Å². The molecular formula is C27H33ClN2O2. The summed E-state index contributed by atoms with van der Waals surface area (Å²) in [6.45, 7) is 7.90. The molecule has 0 saturated carbocycles. The van der Waals surface area contributed by atoms with E-state index in [1.807, 2.05) is 29.2 Å². The Balaban J connectivity index is 1.28. The van der Waals surface area contributed by atoms with Gasteiger partial charge in [-0.15, -0.1) is 0 Å². The summed E-state index contributed by atoms with van der Waals surface area (Å²) in [5, 5.41) is 0.752. The van der Waals surface area contributed by atoms with Crippen LogP contribution in [0.2, 0.25) is 5.02 Å². The first-order chi connectivity index (χ1) is 15.4. The van der Waals surface area contributed by atoms with Crippen LogP contribution < -0.4 is 0 Å². The molecule has 2 aliphatic rings. The van der Waals surface area contributed by atoms with Crippen LogP contribution in [0.25, 0.3) is 0 Å². The summed E-state index contributed by atoms with van der Waals surface area (Å²) < 4.78 is 0. The normalized spacial score (nSPS) is 17.4. The molecule has 5 heteroatoms. The third kappa shape index (κ3) is 5.41. The maximum Gasteiger partial charge on any atom is 0.223 e. The van der Waals surface area contributed by atoms with Crippen LogP contribution in [0.15, 0.2) is 42.5 Å². The zero-order valence-electron chi connectivity index (χ0n) is 19.1. The first-order valence-electron chi connectivity index (χ1n) is 11.8. The third-order valence-corrected chi connectivity index (χ3v) is 7.31. The number of carbonyl (C=O) groups is 2. The molecule has 32 heavy (non-hydrogen) atoms. The van der Waals surface area contributed by atoms with Crippen molar-refractivity contribution in [3.05, 3.63) is 69.7 Å². The molecule has 1 saturated heterocycles. The first-order valence-corrected chi connectivity index (χ1v) is 12.2. The Hall–Kier alpha value is -2.17. The van der Waals surface area contributed by atoms with Gasteiger partial charge in [-0.25, -0.2) is 0 Å². The van der Waals surface area contributed by atoms with E-state index in [1.54, 1.807) is 0 Å². The number of benzene rings is 2. The fourth-order valence-electron chi connectivity index (χ4n) is 4.91. The van der Waals surface area contributed by atoms with Crippen LogP contribution in [0.3, 0.4) is 0 Å². The van der Waals surface area contributed by atoms with E-state index in [2.05, 4.69) is 36.9 Å². The van der Waals surface area contributed by atoms with Gasteiger partial charge < -0.3 is 4.90 Å². The van der Waals surface area contributed by atoms with Gasteiger partial charge in [0.05, 0.1) is 0 Å². The molecule has 0 aliphatic carbocycles. The van der Waals surface area contributed by atoms with Crippen LogP contribution in [0.4, 0.5) is 0 Å². The minimum absolute atomic E-state index is 0.0684. The molecule has 0 atom stereocenters. The molecule has 1 amide bonds.